The molecule has 1 aliphatic heterocycles. The molecule has 2 heterocycles. The summed E-state index contributed by atoms with van der Waals surface area (Å²) < 4.78 is 11.8. The van der Waals surface area contributed by atoms with Gasteiger partial charge in [0.25, 0.3) is 0 Å². The highest BCUT2D eigenvalue weighted by Crippen LogP contribution is 2.39. The van der Waals surface area contributed by atoms with Gasteiger partial charge in [0.1, 0.15) is 5.82 Å². The van der Waals surface area contributed by atoms with Crippen LogP contribution in [0, 0.1) is 13.8 Å². The van der Waals surface area contributed by atoms with Crippen LogP contribution < -0.4 is 14.4 Å². The van der Waals surface area contributed by atoms with Crippen LogP contribution in [0.1, 0.15) is 11.3 Å². The average molecular weight is 335 g/mol. The van der Waals surface area contributed by atoms with Crippen LogP contribution in [0.5, 0.6) is 11.5 Å². The van der Waals surface area contributed by atoms with Crippen LogP contribution in [0.25, 0.3) is 0 Å². The van der Waals surface area contributed by atoms with E-state index in [1.807, 2.05) is 38.2 Å². The summed E-state index contributed by atoms with van der Waals surface area (Å²) in [6.45, 7) is 4.32. The summed E-state index contributed by atoms with van der Waals surface area (Å²) >= 11 is 3.47. The minimum absolute atomic E-state index is 0.289. The number of hydrogen-bond donors (Lipinski definition) is 0. The highest BCUT2D eigenvalue weighted by Gasteiger charge is 2.18. The van der Waals surface area contributed by atoms with Crippen LogP contribution in [0.2, 0.25) is 0 Å². The molecule has 5 heteroatoms. The van der Waals surface area contributed by atoms with Crippen LogP contribution in [0.3, 0.4) is 0 Å². The number of hydrogen-bond acceptors (Lipinski definition) is 4. The van der Waals surface area contributed by atoms with Gasteiger partial charge < -0.3 is 14.4 Å². The van der Waals surface area contributed by atoms with Gasteiger partial charge in [0, 0.05) is 23.3 Å². The fourth-order valence-electron chi connectivity index (χ4n) is 2.24. The zero-order valence-electron chi connectivity index (χ0n) is 11.6. The van der Waals surface area contributed by atoms with E-state index < -0.39 is 0 Å². The van der Waals surface area contributed by atoms with Crippen molar-refractivity contribution in [2.24, 2.45) is 0 Å². The lowest BCUT2D eigenvalue weighted by Gasteiger charge is -2.21. The maximum Gasteiger partial charge on any atom is 0.231 e. The van der Waals surface area contributed by atoms with Gasteiger partial charge in [0.2, 0.25) is 6.79 Å². The van der Waals surface area contributed by atoms with E-state index in [9.17, 15) is 0 Å². The number of pyridine rings is 1. The molecule has 1 aromatic heterocycles. The minimum atomic E-state index is 0.289. The molecule has 4 nitrogen and oxygen atoms in total. The van der Waals surface area contributed by atoms with Crippen LogP contribution in [-0.4, -0.2) is 18.8 Å². The fourth-order valence-corrected chi connectivity index (χ4v) is 2.46. The molecule has 0 N–H and O–H groups in total. The van der Waals surface area contributed by atoms with Gasteiger partial charge in [-0.15, -0.1) is 0 Å². The molecule has 2 aromatic rings. The second-order valence-electron chi connectivity index (χ2n) is 4.79. The van der Waals surface area contributed by atoms with E-state index in [0.29, 0.717) is 0 Å². The second-order valence-corrected chi connectivity index (χ2v) is 5.64. The average Bonchev–Trinajstić information content (AvgIpc) is 2.87. The number of anilines is 2. The molecule has 104 valence electrons. The van der Waals surface area contributed by atoms with E-state index in [4.69, 9.17) is 9.47 Å². The number of halogens is 1. The molecule has 0 aliphatic carbocycles. The normalized spacial score (nSPS) is 12.6. The topological polar surface area (TPSA) is 34.6 Å². The van der Waals surface area contributed by atoms with Crippen molar-refractivity contribution in [3.8, 4) is 11.5 Å². The quantitative estimate of drug-likeness (QED) is 0.832. The van der Waals surface area contributed by atoms with Crippen molar-refractivity contribution in [3.05, 3.63) is 40.0 Å². The largest absolute Gasteiger partial charge is 0.454 e. The number of nitrogens with zero attached hydrogens (tertiary/aromatic N) is 2. The maximum absolute atomic E-state index is 5.45. The van der Waals surface area contributed by atoms with Gasteiger partial charge in [-0.1, -0.05) is 0 Å². The Hall–Kier alpha value is -1.75. The molecule has 1 aromatic carbocycles. The first kappa shape index (κ1) is 13.2. The van der Waals surface area contributed by atoms with E-state index in [2.05, 4.69) is 32.7 Å². The predicted octanol–water partition coefficient (Wildman–Crippen LogP) is 3.96. The summed E-state index contributed by atoms with van der Waals surface area (Å²) in [6, 6.07) is 7.99. The Morgan fingerprint density at radius 1 is 1.15 bits per heavy atom. The van der Waals surface area contributed by atoms with Gasteiger partial charge in [0.05, 0.1) is 5.69 Å². The lowest BCUT2D eigenvalue weighted by Crippen LogP contribution is -2.13. The molecule has 0 atom stereocenters. The predicted molar refractivity (Wildman–Crippen MR) is 82.0 cm³/mol. The summed E-state index contributed by atoms with van der Waals surface area (Å²) in [7, 11) is 2.00. The molecule has 0 radical (unpaired) electrons. The molecular weight excluding hydrogens is 320 g/mol. The summed E-state index contributed by atoms with van der Waals surface area (Å²) in [5, 5.41) is 0. The Morgan fingerprint density at radius 3 is 2.55 bits per heavy atom. The van der Waals surface area contributed by atoms with E-state index >= 15 is 0 Å². The van der Waals surface area contributed by atoms with Crippen molar-refractivity contribution in [1.82, 2.24) is 4.98 Å². The third kappa shape index (κ3) is 2.22. The Balaban J connectivity index is 2.01. The van der Waals surface area contributed by atoms with E-state index in [-0.39, 0.29) is 6.79 Å². The SMILES string of the molecule is Cc1cc2c(cc1N(C)c1ccc(Br)c(C)n1)OCO2. The molecule has 0 bridgehead atoms. The zero-order chi connectivity index (χ0) is 14.3. The van der Waals surface area contributed by atoms with E-state index in [1.165, 1.54) is 0 Å². The van der Waals surface area contributed by atoms with E-state index in [0.717, 1.165) is 38.7 Å². The number of ether oxygens (including phenoxy) is 2. The van der Waals surface area contributed by atoms with Gasteiger partial charge in [-0.25, -0.2) is 4.98 Å². The molecule has 0 amide bonds. The number of aromatic nitrogens is 1. The molecule has 0 unspecified atom stereocenters. The van der Waals surface area contributed by atoms with Gasteiger partial charge in [0.15, 0.2) is 11.5 Å². The van der Waals surface area contributed by atoms with Crippen LogP contribution in [-0.2, 0) is 0 Å². The lowest BCUT2D eigenvalue weighted by atomic mass is 10.1. The molecular formula is C15H15BrN2O2. The van der Waals surface area contributed by atoms with Crippen LogP contribution in [0.4, 0.5) is 11.5 Å². The first-order valence-corrected chi connectivity index (χ1v) is 7.12. The van der Waals surface area contributed by atoms with Crippen LogP contribution in [0.15, 0.2) is 28.7 Å². The Kier molecular flexibility index (Phi) is 3.30. The van der Waals surface area contributed by atoms with E-state index in [1.54, 1.807) is 0 Å². The smallest absolute Gasteiger partial charge is 0.231 e. The fraction of sp³-hybridized carbons (Fsp3) is 0.267. The van der Waals surface area contributed by atoms with Crippen molar-refractivity contribution in [1.29, 1.82) is 0 Å². The summed E-state index contributed by atoms with van der Waals surface area (Å²) in [5.74, 6) is 2.48. The number of benzene rings is 1. The second kappa shape index (κ2) is 4.98. The van der Waals surface area contributed by atoms with Crippen molar-refractivity contribution >= 4 is 27.4 Å². The first-order chi connectivity index (χ1) is 9.56. The standard InChI is InChI=1S/C15H15BrN2O2/c1-9-6-13-14(20-8-19-13)7-12(9)18(3)15-5-4-11(16)10(2)17-15/h4-7H,8H2,1-3H3. The van der Waals surface area contributed by atoms with Crippen molar-refractivity contribution in [3.63, 3.8) is 0 Å². The highest BCUT2D eigenvalue weighted by molar-refractivity contribution is 9.10. The number of aryl methyl sites for hydroxylation is 2. The molecule has 1 aliphatic rings. The molecule has 3 rings (SSSR count). The summed E-state index contributed by atoms with van der Waals surface area (Å²) in [6.07, 6.45) is 0. The summed E-state index contributed by atoms with van der Waals surface area (Å²) in [5.41, 5.74) is 3.15. The van der Waals surface area contributed by atoms with Crippen molar-refractivity contribution < 1.29 is 9.47 Å². The molecule has 0 fully saturated rings. The monoisotopic (exact) mass is 334 g/mol. The first-order valence-electron chi connectivity index (χ1n) is 6.33. The van der Waals surface area contributed by atoms with Gasteiger partial charge in [-0.05, 0) is 53.5 Å². The lowest BCUT2D eigenvalue weighted by molar-refractivity contribution is 0.174. The summed E-state index contributed by atoms with van der Waals surface area (Å²) in [4.78, 5) is 6.64. The highest BCUT2D eigenvalue weighted by atomic mass is 79.9. The Labute approximate surface area is 126 Å². The molecule has 0 saturated carbocycles. The van der Waals surface area contributed by atoms with Crippen LogP contribution >= 0.6 is 15.9 Å². The number of fused-ring (bicyclic) bond motifs is 1. The maximum atomic E-state index is 5.45. The molecule has 0 saturated heterocycles. The van der Waals surface area contributed by atoms with Gasteiger partial charge >= 0.3 is 0 Å². The number of rotatable bonds is 2. The minimum Gasteiger partial charge on any atom is -0.454 e. The van der Waals surface area contributed by atoms with Crippen molar-refractivity contribution in [2.75, 3.05) is 18.7 Å². The van der Waals surface area contributed by atoms with Gasteiger partial charge in [-0.2, -0.15) is 0 Å². The zero-order valence-corrected chi connectivity index (χ0v) is 13.2. The Morgan fingerprint density at radius 2 is 1.85 bits per heavy atom. The third-order valence-electron chi connectivity index (χ3n) is 3.40. The third-order valence-corrected chi connectivity index (χ3v) is 4.24. The Bertz CT molecular complexity index is 673. The molecule has 0 spiro atoms. The van der Waals surface area contributed by atoms with Crippen molar-refractivity contribution in [2.45, 2.75) is 13.8 Å². The molecule has 20 heavy (non-hydrogen) atoms. The van der Waals surface area contributed by atoms with Gasteiger partial charge in [-0.3, -0.25) is 0 Å².